The Kier molecular flexibility index (Phi) is 5.78. The van der Waals surface area contributed by atoms with Crippen molar-refractivity contribution in [1.29, 1.82) is 0 Å². The third-order valence-electron chi connectivity index (χ3n) is 1.43. The van der Waals surface area contributed by atoms with Crippen molar-refractivity contribution in [2.45, 2.75) is 25.8 Å². The molecule has 11 heavy (non-hydrogen) atoms. The van der Waals surface area contributed by atoms with Crippen LogP contribution in [0.3, 0.4) is 0 Å². The molecule has 0 aliphatic heterocycles. The molecule has 0 unspecified atom stereocenters. The van der Waals surface area contributed by atoms with Crippen molar-refractivity contribution in [3.8, 4) is 0 Å². The molecule has 0 fully saturated rings. The predicted molar refractivity (Wildman–Crippen MR) is 44.9 cm³/mol. The van der Waals surface area contributed by atoms with E-state index in [1.807, 2.05) is 0 Å². The van der Waals surface area contributed by atoms with E-state index in [9.17, 15) is 4.79 Å². The monoisotopic (exact) mass is 159 g/mol. The lowest BCUT2D eigenvalue weighted by atomic mass is 10.1. The molecule has 0 spiro atoms. The number of nitrogens with one attached hydrogen (secondary N) is 1. The molecular weight excluding hydrogens is 142 g/mol. The maximum Gasteiger partial charge on any atom is 0.216 e. The zero-order valence-corrected chi connectivity index (χ0v) is 6.97. The number of amides is 1. The Morgan fingerprint density at radius 2 is 2.18 bits per heavy atom. The van der Waals surface area contributed by atoms with E-state index in [1.54, 1.807) is 0 Å². The van der Waals surface area contributed by atoms with Gasteiger partial charge in [0.2, 0.25) is 5.91 Å². The molecule has 5 N–H and O–H groups in total. The van der Waals surface area contributed by atoms with Crippen LogP contribution in [0.1, 0.15) is 19.8 Å². The number of nitrogens with two attached hydrogens (primary N) is 2. The molecular formula is C7H17N3O. The Bertz CT molecular complexity index is 116. The second-order valence-electron chi connectivity index (χ2n) is 2.61. The van der Waals surface area contributed by atoms with Crippen LogP contribution in [0.25, 0.3) is 0 Å². The van der Waals surface area contributed by atoms with Gasteiger partial charge in [-0.15, -0.1) is 0 Å². The van der Waals surface area contributed by atoms with E-state index in [4.69, 9.17) is 11.5 Å². The smallest absolute Gasteiger partial charge is 0.216 e. The summed E-state index contributed by atoms with van der Waals surface area (Å²) < 4.78 is 0. The van der Waals surface area contributed by atoms with Gasteiger partial charge in [0.1, 0.15) is 0 Å². The molecule has 1 atom stereocenters. The van der Waals surface area contributed by atoms with Gasteiger partial charge in [0.15, 0.2) is 0 Å². The van der Waals surface area contributed by atoms with E-state index in [1.165, 1.54) is 6.92 Å². The van der Waals surface area contributed by atoms with Crippen molar-refractivity contribution in [3.63, 3.8) is 0 Å². The zero-order valence-electron chi connectivity index (χ0n) is 6.97. The van der Waals surface area contributed by atoms with E-state index >= 15 is 0 Å². The van der Waals surface area contributed by atoms with Gasteiger partial charge in [0, 0.05) is 19.5 Å². The molecule has 0 heterocycles. The number of carbonyl (C=O) groups excluding carboxylic acids is 1. The molecule has 4 nitrogen and oxygen atoms in total. The second-order valence-corrected chi connectivity index (χ2v) is 2.61. The van der Waals surface area contributed by atoms with Crippen molar-refractivity contribution >= 4 is 5.91 Å². The zero-order chi connectivity index (χ0) is 8.69. The number of rotatable bonds is 5. The number of hydrogen-bond donors (Lipinski definition) is 3. The molecule has 66 valence electrons. The van der Waals surface area contributed by atoms with Crippen LogP contribution in [-0.4, -0.2) is 25.0 Å². The van der Waals surface area contributed by atoms with Gasteiger partial charge in [-0.05, 0) is 19.4 Å². The van der Waals surface area contributed by atoms with Gasteiger partial charge in [0.25, 0.3) is 0 Å². The van der Waals surface area contributed by atoms with Crippen LogP contribution in [0.5, 0.6) is 0 Å². The largest absolute Gasteiger partial charge is 0.356 e. The Morgan fingerprint density at radius 3 is 2.64 bits per heavy atom. The minimum atomic E-state index is -0.00931. The normalized spacial score (nSPS) is 12.6. The Hall–Kier alpha value is -0.610. The van der Waals surface area contributed by atoms with Crippen LogP contribution in [0.4, 0.5) is 0 Å². The van der Waals surface area contributed by atoms with Gasteiger partial charge in [-0.1, -0.05) is 0 Å². The van der Waals surface area contributed by atoms with Crippen LogP contribution in [-0.2, 0) is 4.79 Å². The maximum absolute atomic E-state index is 10.4. The molecule has 1 amide bonds. The fourth-order valence-electron chi connectivity index (χ4n) is 0.792. The average Bonchev–Trinajstić information content (AvgIpc) is 1.87. The van der Waals surface area contributed by atoms with Crippen LogP contribution in [0, 0.1) is 0 Å². The minimum Gasteiger partial charge on any atom is -0.356 e. The molecule has 0 saturated carbocycles. The van der Waals surface area contributed by atoms with Crippen LogP contribution in [0.2, 0.25) is 0 Å². The first-order chi connectivity index (χ1) is 5.16. The van der Waals surface area contributed by atoms with Crippen LogP contribution in [0.15, 0.2) is 0 Å². The van der Waals surface area contributed by atoms with Crippen molar-refractivity contribution in [2.75, 3.05) is 13.1 Å². The fourth-order valence-corrected chi connectivity index (χ4v) is 0.792. The summed E-state index contributed by atoms with van der Waals surface area (Å²) in [6.07, 6.45) is 1.62. The van der Waals surface area contributed by atoms with Crippen LogP contribution >= 0.6 is 0 Å². The van der Waals surface area contributed by atoms with Crippen LogP contribution < -0.4 is 16.8 Å². The Morgan fingerprint density at radius 1 is 1.55 bits per heavy atom. The summed E-state index contributed by atoms with van der Waals surface area (Å²) in [6, 6.07) is 0.117. The third-order valence-corrected chi connectivity index (χ3v) is 1.43. The molecule has 0 aromatic carbocycles. The highest BCUT2D eigenvalue weighted by molar-refractivity contribution is 5.72. The van der Waals surface area contributed by atoms with Gasteiger partial charge in [-0.3, -0.25) is 4.79 Å². The molecule has 0 aliphatic carbocycles. The van der Waals surface area contributed by atoms with Gasteiger partial charge in [-0.25, -0.2) is 0 Å². The summed E-state index contributed by atoms with van der Waals surface area (Å²) in [5.41, 5.74) is 10.9. The van der Waals surface area contributed by atoms with E-state index in [-0.39, 0.29) is 11.9 Å². The van der Waals surface area contributed by atoms with Crippen molar-refractivity contribution in [3.05, 3.63) is 0 Å². The lowest BCUT2D eigenvalue weighted by molar-refractivity contribution is -0.118. The Balaban J connectivity index is 3.16. The fraction of sp³-hybridized carbons (Fsp3) is 0.857. The maximum atomic E-state index is 10.4. The minimum absolute atomic E-state index is 0.00931. The Labute approximate surface area is 67.3 Å². The standard InChI is InChI=1S/C7H17N3O/c1-6(11)10-5-3-7(9)2-4-8/h7H,2-5,8-9H2,1H3,(H,10,11)/t7-/m1/s1. The average molecular weight is 159 g/mol. The SMILES string of the molecule is CC(=O)NCC[C@H](N)CCN. The second kappa shape index (κ2) is 6.12. The van der Waals surface area contributed by atoms with Gasteiger partial charge in [-0.2, -0.15) is 0 Å². The van der Waals surface area contributed by atoms with E-state index < -0.39 is 0 Å². The summed E-state index contributed by atoms with van der Waals surface area (Å²) in [5.74, 6) is -0.00931. The lowest BCUT2D eigenvalue weighted by Gasteiger charge is -2.09. The highest BCUT2D eigenvalue weighted by Crippen LogP contribution is 1.90. The molecule has 0 radical (unpaired) electrons. The summed E-state index contributed by atoms with van der Waals surface area (Å²) in [6.45, 7) is 2.76. The summed E-state index contributed by atoms with van der Waals surface area (Å²) in [7, 11) is 0. The van der Waals surface area contributed by atoms with Crippen molar-refractivity contribution < 1.29 is 4.79 Å². The first-order valence-corrected chi connectivity index (χ1v) is 3.87. The van der Waals surface area contributed by atoms with Crippen molar-refractivity contribution in [2.24, 2.45) is 11.5 Å². The number of hydrogen-bond acceptors (Lipinski definition) is 3. The first kappa shape index (κ1) is 10.4. The molecule has 0 aromatic rings. The molecule has 0 aromatic heterocycles. The summed E-state index contributed by atoms with van der Waals surface area (Å²) >= 11 is 0. The quantitative estimate of drug-likeness (QED) is 0.490. The lowest BCUT2D eigenvalue weighted by Crippen LogP contribution is -2.30. The van der Waals surface area contributed by atoms with Crippen molar-refractivity contribution in [1.82, 2.24) is 5.32 Å². The molecule has 0 bridgehead atoms. The highest BCUT2D eigenvalue weighted by atomic mass is 16.1. The highest BCUT2D eigenvalue weighted by Gasteiger charge is 2.00. The summed E-state index contributed by atoms with van der Waals surface area (Å²) in [5, 5.41) is 2.68. The molecule has 0 rings (SSSR count). The van der Waals surface area contributed by atoms with E-state index in [0.717, 1.165) is 12.8 Å². The number of carbonyl (C=O) groups is 1. The molecule has 4 heteroatoms. The van der Waals surface area contributed by atoms with Gasteiger partial charge < -0.3 is 16.8 Å². The predicted octanol–water partition coefficient (Wildman–Crippen LogP) is -0.811. The van der Waals surface area contributed by atoms with E-state index in [0.29, 0.717) is 13.1 Å². The third kappa shape index (κ3) is 7.29. The van der Waals surface area contributed by atoms with Gasteiger partial charge in [0.05, 0.1) is 0 Å². The molecule has 0 aliphatic rings. The summed E-state index contributed by atoms with van der Waals surface area (Å²) in [4.78, 5) is 10.4. The first-order valence-electron chi connectivity index (χ1n) is 3.87. The van der Waals surface area contributed by atoms with Gasteiger partial charge >= 0.3 is 0 Å². The van der Waals surface area contributed by atoms with E-state index in [2.05, 4.69) is 5.32 Å². The topological polar surface area (TPSA) is 81.1 Å². The molecule has 0 saturated heterocycles.